The van der Waals surface area contributed by atoms with Gasteiger partial charge in [-0.1, -0.05) is 30.3 Å². The van der Waals surface area contributed by atoms with Gasteiger partial charge in [0.15, 0.2) is 0 Å². The molecule has 2 nitrogen and oxygen atoms in total. The first-order valence-electron chi connectivity index (χ1n) is 6.25. The highest BCUT2D eigenvalue weighted by atomic mass is 16.5. The van der Waals surface area contributed by atoms with Crippen molar-refractivity contribution < 1.29 is 4.74 Å². The third kappa shape index (κ3) is 2.38. The molecule has 0 saturated carbocycles. The Hall–Kier alpha value is -2.48. The summed E-state index contributed by atoms with van der Waals surface area (Å²) in [7, 11) is 1.69. The minimum Gasteiger partial charge on any atom is -0.497 e. The van der Waals surface area contributed by atoms with E-state index in [1.807, 2.05) is 30.3 Å². The van der Waals surface area contributed by atoms with Gasteiger partial charge in [-0.25, -0.2) is 0 Å². The Balaban J connectivity index is 1.96. The van der Waals surface area contributed by atoms with Crippen LogP contribution in [0.3, 0.4) is 0 Å². The Morgan fingerprint density at radius 1 is 1.00 bits per heavy atom. The van der Waals surface area contributed by atoms with E-state index in [4.69, 9.17) is 4.74 Å². The van der Waals surface area contributed by atoms with Crippen LogP contribution in [0.1, 0.15) is 5.56 Å². The zero-order chi connectivity index (χ0) is 13.1. The second kappa shape index (κ2) is 5.02. The summed E-state index contributed by atoms with van der Waals surface area (Å²) in [6.45, 7) is 0. The fourth-order valence-electron chi connectivity index (χ4n) is 2.13. The fourth-order valence-corrected chi connectivity index (χ4v) is 2.13. The van der Waals surface area contributed by atoms with Gasteiger partial charge in [0, 0.05) is 17.8 Å². The quantitative estimate of drug-likeness (QED) is 0.676. The normalized spacial score (nSPS) is 11.2. The number of fused-ring (bicyclic) bond motifs is 1. The smallest absolute Gasteiger partial charge is 0.119 e. The average molecular weight is 249 g/mol. The second-order valence-electron chi connectivity index (χ2n) is 4.37. The minimum atomic E-state index is 0.886. The molecule has 0 aliphatic rings. The highest BCUT2D eigenvalue weighted by molar-refractivity contribution is 5.84. The molecule has 0 amide bonds. The Kier molecular flexibility index (Phi) is 3.07. The summed E-state index contributed by atoms with van der Waals surface area (Å²) in [5.41, 5.74) is 2.37. The van der Waals surface area contributed by atoms with Crippen LogP contribution in [-0.2, 0) is 0 Å². The van der Waals surface area contributed by atoms with Crippen molar-refractivity contribution in [1.82, 2.24) is 4.57 Å². The minimum absolute atomic E-state index is 0.886. The van der Waals surface area contributed by atoms with Gasteiger partial charge in [-0.2, -0.15) is 0 Å². The summed E-state index contributed by atoms with van der Waals surface area (Å²) >= 11 is 0. The van der Waals surface area contributed by atoms with Crippen molar-refractivity contribution in [2.45, 2.75) is 0 Å². The fraction of sp³-hybridized carbons (Fsp3) is 0.0588. The number of hydrogen-bond acceptors (Lipinski definition) is 1. The molecule has 0 radical (unpaired) electrons. The van der Waals surface area contributed by atoms with Gasteiger partial charge in [-0.05, 0) is 35.9 Å². The summed E-state index contributed by atoms with van der Waals surface area (Å²) in [5, 5.41) is 1.18. The second-order valence-corrected chi connectivity index (χ2v) is 4.37. The number of nitrogens with zero attached hydrogens (tertiary/aromatic N) is 1. The van der Waals surface area contributed by atoms with Gasteiger partial charge in [0.05, 0.1) is 12.6 Å². The molecule has 0 aliphatic heterocycles. The zero-order valence-electron chi connectivity index (χ0n) is 10.8. The molecule has 0 bridgehead atoms. The zero-order valence-corrected chi connectivity index (χ0v) is 10.8. The summed E-state index contributed by atoms with van der Waals surface area (Å²) in [6.07, 6.45) is 6.23. The number of hydrogen-bond donors (Lipinski definition) is 0. The lowest BCUT2D eigenvalue weighted by molar-refractivity contribution is 0.415. The van der Waals surface area contributed by atoms with Crippen LogP contribution in [0.2, 0.25) is 0 Å². The van der Waals surface area contributed by atoms with Crippen LogP contribution in [-0.4, -0.2) is 11.7 Å². The van der Waals surface area contributed by atoms with Crippen LogP contribution < -0.4 is 4.74 Å². The number of benzene rings is 2. The molecular weight excluding hydrogens is 234 g/mol. The maximum Gasteiger partial charge on any atom is 0.119 e. The Morgan fingerprint density at radius 3 is 2.63 bits per heavy atom. The Bertz CT molecular complexity index is 710. The molecule has 19 heavy (non-hydrogen) atoms. The molecule has 2 aromatic carbocycles. The third-order valence-electron chi connectivity index (χ3n) is 3.15. The number of aromatic nitrogens is 1. The van der Waals surface area contributed by atoms with E-state index in [9.17, 15) is 0 Å². The molecule has 0 unspecified atom stereocenters. The first-order valence-corrected chi connectivity index (χ1v) is 6.25. The molecule has 3 aromatic rings. The van der Waals surface area contributed by atoms with Crippen molar-refractivity contribution >= 4 is 23.2 Å². The van der Waals surface area contributed by atoms with Gasteiger partial charge < -0.3 is 9.30 Å². The average Bonchev–Trinajstić information content (AvgIpc) is 2.88. The molecule has 1 aromatic heterocycles. The molecule has 1 heterocycles. The summed E-state index contributed by atoms with van der Waals surface area (Å²) in [4.78, 5) is 0. The maximum absolute atomic E-state index is 5.23. The van der Waals surface area contributed by atoms with E-state index in [-0.39, 0.29) is 0 Å². The Labute approximate surface area is 112 Å². The van der Waals surface area contributed by atoms with Gasteiger partial charge in [0.2, 0.25) is 0 Å². The van der Waals surface area contributed by atoms with Crippen LogP contribution in [0.4, 0.5) is 0 Å². The first kappa shape index (κ1) is 11.6. The molecule has 0 aliphatic carbocycles. The largest absolute Gasteiger partial charge is 0.497 e. The van der Waals surface area contributed by atoms with Crippen LogP contribution in [0.25, 0.3) is 23.2 Å². The molecule has 3 rings (SSSR count). The highest BCUT2D eigenvalue weighted by Crippen LogP contribution is 2.22. The predicted octanol–water partition coefficient (Wildman–Crippen LogP) is 4.28. The molecule has 2 heteroatoms. The topological polar surface area (TPSA) is 14.2 Å². The van der Waals surface area contributed by atoms with Gasteiger partial charge in [0.25, 0.3) is 0 Å². The van der Waals surface area contributed by atoms with E-state index >= 15 is 0 Å². The molecule has 0 spiro atoms. The Morgan fingerprint density at radius 2 is 1.84 bits per heavy atom. The van der Waals surface area contributed by atoms with E-state index in [2.05, 4.69) is 47.3 Å². The molecule has 0 N–H and O–H groups in total. The number of methoxy groups -OCH3 is 1. The van der Waals surface area contributed by atoms with Crippen molar-refractivity contribution in [2.24, 2.45) is 0 Å². The number of rotatable bonds is 3. The molecule has 0 saturated heterocycles. The van der Waals surface area contributed by atoms with E-state index in [1.54, 1.807) is 7.11 Å². The lowest BCUT2D eigenvalue weighted by Crippen LogP contribution is -1.85. The van der Waals surface area contributed by atoms with E-state index < -0.39 is 0 Å². The first-order chi connectivity index (χ1) is 9.36. The SMILES string of the molecule is COc1ccc2c(ccn2C=Cc2ccccc2)c1. The summed E-state index contributed by atoms with van der Waals surface area (Å²) in [6, 6.07) is 18.5. The van der Waals surface area contributed by atoms with E-state index in [0.717, 1.165) is 5.75 Å². The highest BCUT2D eigenvalue weighted by Gasteiger charge is 2.00. The standard InChI is InChI=1S/C17H15NO/c1-19-16-7-8-17-15(13-16)10-12-18(17)11-9-14-5-3-2-4-6-14/h2-13H,1H3. The molecule has 0 atom stereocenters. The van der Waals surface area contributed by atoms with Crippen molar-refractivity contribution in [1.29, 1.82) is 0 Å². The van der Waals surface area contributed by atoms with Gasteiger partial charge in [-0.15, -0.1) is 0 Å². The van der Waals surface area contributed by atoms with Gasteiger partial charge in [-0.3, -0.25) is 0 Å². The lowest BCUT2D eigenvalue weighted by Gasteiger charge is -2.01. The monoisotopic (exact) mass is 249 g/mol. The van der Waals surface area contributed by atoms with Gasteiger partial charge >= 0.3 is 0 Å². The molecular formula is C17H15NO. The van der Waals surface area contributed by atoms with Crippen LogP contribution in [0.5, 0.6) is 5.75 Å². The molecule has 0 fully saturated rings. The van der Waals surface area contributed by atoms with Crippen molar-refractivity contribution in [2.75, 3.05) is 7.11 Å². The summed E-state index contributed by atoms with van der Waals surface area (Å²) < 4.78 is 7.35. The maximum atomic E-state index is 5.23. The number of ether oxygens (including phenoxy) is 1. The van der Waals surface area contributed by atoms with Crippen LogP contribution >= 0.6 is 0 Å². The van der Waals surface area contributed by atoms with Gasteiger partial charge in [0.1, 0.15) is 5.75 Å². The lowest BCUT2D eigenvalue weighted by atomic mass is 10.2. The van der Waals surface area contributed by atoms with Crippen molar-refractivity contribution in [3.05, 3.63) is 66.4 Å². The van der Waals surface area contributed by atoms with E-state index in [1.165, 1.54) is 16.5 Å². The summed E-state index contributed by atoms with van der Waals surface area (Å²) in [5.74, 6) is 0.886. The molecule has 94 valence electrons. The van der Waals surface area contributed by atoms with Crippen molar-refractivity contribution in [3.8, 4) is 5.75 Å². The third-order valence-corrected chi connectivity index (χ3v) is 3.15. The van der Waals surface area contributed by atoms with E-state index in [0.29, 0.717) is 0 Å². The van der Waals surface area contributed by atoms with Crippen LogP contribution in [0.15, 0.2) is 60.8 Å². The van der Waals surface area contributed by atoms with Crippen molar-refractivity contribution in [3.63, 3.8) is 0 Å². The predicted molar refractivity (Wildman–Crippen MR) is 80.2 cm³/mol. The van der Waals surface area contributed by atoms with Crippen LogP contribution in [0, 0.1) is 0 Å².